The Morgan fingerprint density at radius 2 is 1.90 bits per heavy atom. The summed E-state index contributed by atoms with van der Waals surface area (Å²) in [5, 5.41) is 0. The molecule has 0 bridgehead atoms. The van der Waals surface area contributed by atoms with E-state index >= 15 is 0 Å². The van der Waals surface area contributed by atoms with Crippen LogP contribution in [0.5, 0.6) is 0 Å². The number of hydrogen-bond donors (Lipinski definition) is 0. The fourth-order valence-corrected chi connectivity index (χ4v) is 2.75. The molecule has 2 aromatic heterocycles. The highest BCUT2D eigenvalue weighted by atomic mass is 16.5. The zero-order valence-electron chi connectivity index (χ0n) is 11.9. The molecule has 104 valence electrons. The predicted octanol–water partition coefficient (Wildman–Crippen LogP) is 2.76. The summed E-state index contributed by atoms with van der Waals surface area (Å²) in [5.41, 5.74) is 3.24. The van der Waals surface area contributed by atoms with Crippen LogP contribution in [0.4, 0.5) is 5.69 Å². The average molecular weight is 269 g/mol. The van der Waals surface area contributed by atoms with E-state index in [4.69, 9.17) is 4.74 Å². The van der Waals surface area contributed by atoms with Crippen molar-refractivity contribution in [1.29, 1.82) is 0 Å². The first kappa shape index (κ1) is 13.1. The minimum Gasteiger partial charge on any atom is -0.372 e. The maximum absolute atomic E-state index is 5.81. The largest absolute Gasteiger partial charge is 0.372 e. The molecule has 1 aliphatic heterocycles. The van der Waals surface area contributed by atoms with Gasteiger partial charge in [-0.3, -0.25) is 9.97 Å². The number of pyridine rings is 2. The zero-order valence-corrected chi connectivity index (χ0v) is 11.9. The zero-order chi connectivity index (χ0) is 13.9. The Morgan fingerprint density at radius 3 is 2.60 bits per heavy atom. The smallest absolute Gasteiger partial charge is 0.0726 e. The van der Waals surface area contributed by atoms with E-state index < -0.39 is 0 Å². The summed E-state index contributed by atoms with van der Waals surface area (Å²) in [7, 11) is 0. The van der Waals surface area contributed by atoms with E-state index in [-0.39, 0.29) is 12.2 Å². The number of anilines is 1. The molecule has 1 fully saturated rings. The molecule has 2 atom stereocenters. The summed E-state index contributed by atoms with van der Waals surface area (Å²) in [5.74, 6) is 0. The van der Waals surface area contributed by atoms with Crippen molar-refractivity contribution in [3.63, 3.8) is 0 Å². The second kappa shape index (κ2) is 5.59. The maximum atomic E-state index is 5.81. The van der Waals surface area contributed by atoms with Crippen molar-refractivity contribution < 1.29 is 4.74 Å². The molecule has 0 radical (unpaired) electrons. The molecule has 2 aromatic rings. The van der Waals surface area contributed by atoms with E-state index in [0.717, 1.165) is 30.0 Å². The lowest BCUT2D eigenvalue weighted by Gasteiger charge is -2.37. The van der Waals surface area contributed by atoms with Gasteiger partial charge in [-0.05, 0) is 32.0 Å². The summed E-state index contributed by atoms with van der Waals surface area (Å²) in [4.78, 5) is 11.1. The van der Waals surface area contributed by atoms with Crippen LogP contribution in [0.3, 0.4) is 0 Å². The summed E-state index contributed by atoms with van der Waals surface area (Å²) >= 11 is 0. The molecule has 0 saturated carbocycles. The molecular weight excluding hydrogens is 250 g/mol. The molecule has 1 saturated heterocycles. The van der Waals surface area contributed by atoms with Gasteiger partial charge in [0.2, 0.25) is 0 Å². The number of ether oxygens (including phenoxy) is 1. The minimum atomic E-state index is 0.232. The lowest BCUT2D eigenvalue weighted by molar-refractivity contribution is -0.00520. The third kappa shape index (κ3) is 2.65. The van der Waals surface area contributed by atoms with E-state index in [1.54, 1.807) is 0 Å². The molecule has 0 aliphatic carbocycles. The van der Waals surface area contributed by atoms with Crippen LogP contribution in [-0.4, -0.2) is 35.3 Å². The Kier molecular flexibility index (Phi) is 3.65. The highest BCUT2D eigenvalue weighted by Crippen LogP contribution is 2.30. The van der Waals surface area contributed by atoms with Crippen LogP contribution in [0, 0.1) is 0 Å². The van der Waals surface area contributed by atoms with Crippen molar-refractivity contribution in [2.45, 2.75) is 26.1 Å². The van der Waals surface area contributed by atoms with Gasteiger partial charge in [0.05, 0.1) is 29.8 Å². The van der Waals surface area contributed by atoms with E-state index in [1.165, 1.54) is 0 Å². The molecule has 0 aromatic carbocycles. The van der Waals surface area contributed by atoms with Crippen LogP contribution >= 0.6 is 0 Å². The first-order chi connectivity index (χ1) is 9.74. The molecule has 0 N–H and O–H groups in total. The lowest BCUT2D eigenvalue weighted by Crippen LogP contribution is -2.45. The van der Waals surface area contributed by atoms with E-state index in [9.17, 15) is 0 Å². The van der Waals surface area contributed by atoms with Crippen LogP contribution in [0.15, 0.2) is 42.9 Å². The fraction of sp³-hybridized carbons (Fsp3) is 0.375. The van der Waals surface area contributed by atoms with Crippen LogP contribution in [0.2, 0.25) is 0 Å². The molecule has 1 aliphatic rings. The SMILES string of the molecule is CC1CN(c2cnccc2-c2ccccn2)CC(C)O1. The molecule has 4 nitrogen and oxygen atoms in total. The molecule has 20 heavy (non-hydrogen) atoms. The Hall–Kier alpha value is -1.94. The van der Waals surface area contributed by atoms with E-state index in [2.05, 4.69) is 28.7 Å². The van der Waals surface area contributed by atoms with Crippen LogP contribution in [0.1, 0.15) is 13.8 Å². The van der Waals surface area contributed by atoms with Crippen LogP contribution in [-0.2, 0) is 4.74 Å². The number of morpholine rings is 1. The van der Waals surface area contributed by atoms with Gasteiger partial charge in [0.15, 0.2) is 0 Å². The van der Waals surface area contributed by atoms with Gasteiger partial charge in [-0.15, -0.1) is 0 Å². The monoisotopic (exact) mass is 269 g/mol. The molecule has 2 unspecified atom stereocenters. The normalized spacial score (nSPS) is 22.8. The van der Waals surface area contributed by atoms with Crippen molar-refractivity contribution in [2.75, 3.05) is 18.0 Å². The summed E-state index contributed by atoms with van der Waals surface area (Å²) in [6.45, 7) is 5.99. The van der Waals surface area contributed by atoms with Crippen molar-refractivity contribution in [2.24, 2.45) is 0 Å². The van der Waals surface area contributed by atoms with Crippen molar-refractivity contribution in [1.82, 2.24) is 9.97 Å². The molecule has 0 amide bonds. The van der Waals surface area contributed by atoms with Gasteiger partial charge in [0.1, 0.15) is 0 Å². The van der Waals surface area contributed by atoms with Gasteiger partial charge in [-0.25, -0.2) is 0 Å². The van der Waals surface area contributed by atoms with Crippen LogP contribution in [0.25, 0.3) is 11.3 Å². The van der Waals surface area contributed by atoms with Crippen LogP contribution < -0.4 is 4.90 Å². The summed E-state index contributed by atoms with van der Waals surface area (Å²) in [6.07, 6.45) is 6.03. The third-order valence-electron chi connectivity index (χ3n) is 3.50. The van der Waals surface area contributed by atoms with Gasteiger partial charge >= 0.3 is 0 Å². The molecular formula is C16H19N3O. The topological polar surface area (TPSA) is 38.2 Å². The van der Waals surface area contributed by atoms with E-state index in [1.807, 2.05) is 42.9 Å². The van der Waals surface area contributed by atoms with Crippen molar-refractivity contribution in [3.05, 3.63) is 42.9 Å². The molecule has 4 heteroatoms. The predicted molar refractivity (Wildman–Crippen MR) is 79.7 cm³/mol. The summed E-state index contributed by atoms with van der Waals surface area (Å²) in [6, 6.07) is 8.01. The molecule has 3 heterocycles. The second-order valence-electron chi connectivity index (χ2n) is 5.27. The standard InChI is InChI=1S/C16H19N3O/c1-12-10-19(11-13(2)20-12)16-9-17-8-6-14(16)15-5-3-4-7-18-15/h3-9,12-13H,10-11H2,1-2H3. The minimum absolute atomic E-state index is 0.232. The number of rotatable bonds is 2. The maximum Gasteiger partial charge on any atom is 0.0726 e. The van der Waals surface area contributed by atoms with Gasteiger partial charge in [-0.2, -0.15) is 0 Å². The summed E-state index contributed by atoms with van der Waals surface area (Å²) < 4.78 is 5.81. The van der Waals surface area contributed by atoms with Gasteiger partial charge < -0.3 is 9.64 Å². The van der Waals surface area contributed by atoms with Gasteiger partial charge in [0.25, 0.3) is 0 Å². The second-order valence-corrected chi connectivity index (χ2v) is 5.27. The van der Waals surface area contributed by atoms with Crippen molar-refractivity contribution >= 4 is 5.69 Å². The Morgan fingerprint density at radius 1 is 1.10 bits per heavy atom. The van der Waals surface area contributed by atoms with E-state index in [0.29, 0.717) is 0 Å². The highest BCUT2D eigenvalue weighted by molar-refractivity contribution is 5.75. The number of nitrogens with zero attached hydrogens (tertiary/aromatic N) is 3. The number of aromatic nitrogens is 2. The third-order valence-corrected chi connectivity index (χ3v) is 3.50. The van der Waals surface area contributed by atoms with Crippen molar-refractivity contribution in [3.8, 4) is 11.3 Å². The molecule has 0 spiro atoms. The Bertz CT molecular complexity index is 563. The lowest BCUT2D eigenvalue weighted by atomic mass is 10.1. The Labute approximate surface area is 119 Å². The Balaban J connectivity index is 1.98. The number of hydrogen-bond acceptors (Lipinski definition) is 4. The average Bonchev–Trinajstić information content (AvgIpc) is 2.47. The highest BCUT2D eigenvalue weighted by Gasteiger charge is 2.24. The fourth-order valence-electron chi connectivity index (χ4n) is 2.75. The quantitative estimate of drug-likeness (QED) is 0.840. The first-order valence-electron chi connectivity index (χ1n) is 7.00. The van der Waals surface area contributed by atoms with Gasteiger partial charge in [-0.1, -0.05) is 6.07 Å². The van der Waals surface area contributed by atoms with Gasteiger partial charge in [0, 0.05) is 31.0 Å². The first-order valence-corrected chi connectivity index (χ1v) is 7.00. The molecule has 3 rings (SSSR count).